The quantitative estimate of drug-likeness (QED) is 0.737. The average Bonchev–Trinajstić information content (AvgIpc) is 2.78. The molecule has 0 unspecified atom stereocenters. The van der Waals surface area contributed by atoms with Crippen LogP contribution in [0.2, 0.25) is 0 Å². The summed E-state index contributed by atoms with van der Waals surface area (Å²) < 4.78 is 5.38. The van der Waals surface area contributed by atoms with Crippen molar-refractivity contribution in [3.63, 3.8) is 0 Å². The second-order valence-corrected chi connectivity index (χ2v) is 5.05. The van der Waals surface area contributed by atoms with Gasteiger partial charge in [-0.25, -0.2) is 0 Å². The summed E-state index contributed by atoms with van der Waals surface area (Å²) in [5.41, 5.74) is 0.686. The molecule has 0 aliphatic heterocycles. The molecule has 1 aliphatic carbocycles. The Morgan fingerprint density at radius 2 is 1.82 bits per heavy atom. The molecule has 1 aliphatic rings. The van der Waals surface area contributed by atoms with Crippen molar-refractivity contribution in [2.75, 3.05) is 6.61 Å². The fourth-order valence-electron chi connectivity index (χ4n) is 2.60. The third-order valence-corrected chi connectivity index (χ3v) is 3.68. The van der Waals surface area contributed by atoms with Gasteiger partial charge >= 0.3 is 0 Å². The minimum absolute atomic E-state index is 0.132. The molecule has 0 spiro atoms. The Kier molecular flexibility index (Phi) is 3.51. The van der Waals surface area contributed by atoms with Crippen LogP contribution in [0.25, 0.3) is 0 Å². The Morgan fingerprint density at radius 1 is 1.24 bits per heavy atom. The Balaban J connectivity index is 2.14. The molecule has 0 N–H and O–H groups in total. The second kappa shape index (κ2) is 4.91. The molecule has 0 saturated heterocycles. The molecular weight excluding hydrogens is 212 g/mol. The van der Waals surface area contributed by atoms with E-state index in [2.05, 4.69) is 6.92 Å². The lowest BCUT2D eigenvalue weighted by Gasteiger charge is -2.21. The molecule has 0 radical (unpaired) electrons. The molecule has 2 heteroatoms. The van der Waals surface area contributed by atoms with Crippen LogP contribution in [0.3, 0.4) is 0 Å². The van der Waals surface area contributed by atoms with E-state index in [1.54, 1.807) is 0 Å². The molecule has 0 bridgehead atoms. The van der Waals surface area contributed by atoms with Crippen molar-refractivity contribution in [2.24, 2.45) is 5.41 Å². The summed E-state index contributed by atoms with van der Waals surface area (Å²) in [6.45, 7) is 4.71. The highest BCUT2D eigenvalue weighted by molar-refractivity contribution is 6.00. The van der Waals surface area contributed by atoms with Crippen molar-refractivity contribution in [1.82, 2.24) is 0 Å². The van der Waals surface area contributed by atoms with Gasteiger partial charge in [0.15, 0.2) is 5.78 Å². The van der Waals surface area contributed by atoms with Crippen LogP contribution in [-0.2, 0) is 0 Å². The van der Waals surface area contributed by atoms with E-state index in [-0.39, 0.29) is 11.2 Å². The van der Waals surface area contributed by atoms with Crippen LogP contribution < -0.4 is 4.74 Å². The molecule has 1 aromatic rings. The van der Waals surface area contributed by atoms with Gasteiger partial charge in [-0.05, 0) is 44.0 Å². The molecule has 0 aromatic heterocycles. The van der Waals surface area contributed by atoms with Crippen LogP contribution in [0.1, 0.15) is 49.9 Å². The van der Waals surface area contributed by atoms with Gasteiger partial charge in [0.25, 0.3) is 0 Å². The van der Waals surface area contributed by atoms with Crippen LogP contribution in [0, 0.1) is 5.41 Å². The molecule has 1 saturated carbocycles. The monoisotopic (exact) mass is 232 g/mol. The average molecular weight is 232 g/mol. The molecule has 1 aromatic carbocycles. The number of carbonyl (C=O) groups is 1. The van der Waals surface area contributed by atoms with E-state index in [0.717, 1.165) is 24.2 Å². The highest BCUT2D eigenvalue weighted by Crippen LogP contribution is 2.40. The number of hydrogen-bond donors (Lipinski definition) is 0. The Hall–Kier alpha value is -1.31. The number of rotatable bonds is 4. The maximum Gasteiger partial charge on any atom is 0.168 e. The van der Waals surface area contributed by atoms with E-state index >= 15 is 0 Å². The minimum Gasteiger partial charge on any atom is -0.494 e. The predicted molar refractivity (Wildman–Crippen MR) is 68.5 cm³/mol. The molecule has 2 nitrogen and oxygen atoms in total. The highest BCUT2D eigenvalue weighted by Gasteiger charge is 2.36. The van der Waals surface area contributed by atoms with E-state index < -0.39 is 0 Å². The largest absolute Gasteiger partial charge is 0.494 e. The third kappa shape index (κ3) is 2.51. The van der Waals surface area contributed by atoms with Gasteiger partial charge in [0.2, 0.25) is 0 Å². The number of hydrogen-bond acceptors (Lipinski definition) is 2. The first kappa shape index (κ1) is 12.2. The zero-order valence-electron chi connectivity index (χ0n) is 10.7. The van der Waals surface area contributed by atoms with E-state index in [1.165, 1.54) is 12.8 Å². The van der Waals surface area contributed by atoms with Gasteiger partial charge in [0, 0.05) is 11.0 Å². The van der Waals surface area contributed by atoms with Gasteiger partial charge in [0.05, 0.1) is 6.61 Å². The Labute approximate surface area is 103 Å². The van der Waals surface area contributed by atoms with Crippen LogP contribution >= 0.6 is 0 Å². The molecule has 0 heterocycles. The van der Waals surface area contributed by atoms with Gasteiger partial charge < -0.3 is 4.74 Å². The summed E-state index contributed by atoms with van der Waals surface area (Å²) >= 11 is 0. The van der Waals surface area contributed by atoms with E-state index in [4.69, 9.17) is 4.74 Å². The summed E-state index contributed by atoms with van der Waals surface area (Å²) in [6.07, 6.45) is 4.41. The summed E-state index contributed by atoms with van der Waals surface area (Å²) in [5.74, 6) is 1.12. The third-order valence-electron chi connectivity index (χ3n) is 3.68. The number of ether oxygens (including phenoxy) is 1. The molecule has 0 atom stereocenters. The highest BCUT2D eigenvalue weighted by atomic mass is 16.5. The zero-order valence-corrected chi connectivity index (χ0v) is 10.7. The topological polar surface area (TPSA) is 26.3 Å². The fourth-order valence-corrected chi connectivity index (χ4v) is 2.60. The minimum atomic E-state index is -0.132. The van der Waals surface area contributed by atoms with Crippen molar-refractivity contribution in [2.45, 2.75) is 39.5 Å². The summed E-state index contributed by atoms with van der Waals surface area (Å²) in [4.78, 5) is 12.4. The smallest absolute Gasteiger partial charge is 0.168 e. The van der Waals surface area contributed by atoms with Crippen molar-refractivity contribution in [3.8, 4) is 5.75 Å². The standard InChI is InChI=1S/C15H20O2/c1-3-17-13-8-6-12(7-9-13)14(16)15(2)10-4-5-11-15/h6-9H,3-5,10-11H2,1-2H3. The second-order valence-electron chi connectivity index (χ2n) is 5.05. The number of benzene rings is 1. The first-order valence-electron chi connectivity index (χ1n) is 6.43. The summed E-state index contributed by atoms with van der Waals surface area (Å²) in [7, 11) is 0. The summed E-state index contributed by atoms with van der Waals surface area (Å²) in [5, 5.41) is 0. The van der Waals surface area contributed by atoms with Crippen LogP contribution in [-0.4, -0.2) is 12.4 Å². The van der Waals surface area contributed by atoms with E-state index in [9.17, 15) is 4.79 Å². The lowest BCUT2D eigenvalue weighted by Crippen LogP contribution is -2.24. The maximum absolute atomic E-state index is 12.4. The van der Waals surface area contributed by atoms with Crippen LogP contribution in [0.4, 0.5) is 0 Å². The van der Waals surface area contributed by atoms with Crippen molar-refractivity contribution >= 4 is 5.78 Å². The van der Waals surface area contributed by atoms with Crippen molar-refractivity contribution in [3.05, 3.63) is 29.8 Å². The van der Waals surface area contributed by atoms with Crippen molar-refractivity contribution < 1.29 is 9.53 Å². The van der Waals surface area contributed by atoms with Gasteiger partial charge in [-0.3, -0.25) is 4.79 Å². The fraction of sp³-hybridized carbons (Fsp3) is 0.533. The molecule has 2 rings (SSSR count). The Bertz CT molecular complexity index is 386. The predicted octanol–water partition coefficient (Wildman–Crippen LogP) is 3.85. The van der Waals surface area contributed by atoms with Crippen LogP contribution in [0.15, 0.2) is 24.3 Å². The molecular formula is C15H20O2. The number of ketones is 1. The van der Waals surface area contributed by atoms with E-state index in [0.29, 0.717) is 6.61 Å². The molecule has 92 valence electrons. The van der Waals surface area contributed by atoms with Gasteiger partial charge in [0.1, 0.15) is 5.75 Å². The molecule has 0 amide bonds. The SMILES string of the molecule is CCOc1ccc(C(=O)C2(C)CCCC2)cc1. The van der Waals surface area contributed by atoms with Gasteiger partial charge in [-0.1, -0.05) is 19.8 Å². The normalized spacial score (nSPS) is 18.0. The zero-order chi connectivity index (χ0) is 12.3. The first-order valence-corrected chi connectivity index (χ1v) is 6.43. The lowest BCUT2D eigenvalue weighted by atomic mass is 9.81. The molecule has 17 heavy (non-hydrogen) atoms. The van der Waals surface area contributed by atoms with Gasteiger partial charge in [-0.2, -0.15) is 0 Å². The van der Waals surface area contributed by atoms with E-state index in [1.807, 2.05) is 31.2 Å². The number of Topliss-reactive ketones (excluding diaryl/α,β-unsaturated/α-hetero) is 1. The maximum atomic E-state index is 12.4. The number of carbonyl (C=O) groups excluding carboxylic acids is 1. The molecule has 1 fully saturated rings. The van der Waals surface area contributed by atoms with Crippen LogP contribution in [0.5, 0.6) is 5.75 Å². The lowest BCUT2D eigenvalue weighted by molar-refractivity contribution is 0.0823. The Morgan fingerprint density at radius 3 is 2.35 bits per heavy atom. The summed E-state index contributed by atoms with van der Waals surface area (Å²) in [6, 6.07) is 7.54. The van der Waals surface area contributed by atoms with Gasteiger partial charge in [-0.15, -0.1) is 0 Å². The van der Waals surface area contributed by atoms with Crippen molar-refractivity contribution in [1.29, 1.82) is 0 Å². The first-order chi connectivity index (χ1) is 8.15.